The molecule has 5 heteroatoms. The fourth-order valence-corrected chi connectivity index (χ4v) is 2.15. The molecule has 0 aromatic heterocycles. The first-order valence-electron chi connectivity index (χ1n) is 6.54. The molecule has 106 valence electrons. The van der Waals surface area contributed by atoms with Gasteiger partial charge >= 0.3 is 0 Å². The van der Waals surface area contributed by atoms with Crippen molar-refractivity contribution in [3.63, 3.8) is 0 Å². The zero-order valence-corrected chi connectivity index (χ0v) is 11.3. The molecule has 0 saturated carbocycles. The van der Waals surface area contributed by atoms with Gasteiger partial charge in [-0.05, 0) is 18.9 Å². The van der Waals surface area contributed by atoms with Gasteiger partial charge in [0.1, 0.15) is 0 Å². The van der Waals surface area contributed by atoms with E-state index in [4.69, 9.17) is 4.74 Å². The molecule has 0 unspecified atom stereocenters. The van der Waals surface area contributed by atoms with Crippen LogP contribution in [0.5, 0.6) is 0 Å². The van der Waals surface area contributed by atoms with Gasteiger partial charge in [0.25, 0.3) is 5.91 Å². The summed E-state index contributed by atoms with van der Waals surface area (Å²) in [5, 5.41) is 11.0. The van der Waals surface area contributed by atoms with E-state index in [1.165, 1.54) is 4.90 Å². The molecule has 5 nitrogen and oxygen atoms in total. The van der Waals surface area contributed by atoms with E-state index in [9.17, 15) is 14.7 Å². The van der Waals surface area contributed by atoms with Crippen LogP contribution in [0.1, 0.15) is 12.5 Å². The molecule has 0 atom stereocenters. The highest BCUT2D eigenvalue weighted by Gasteiger charge is 2.31. The van der Waals surface area contributed by atoms with Crippen molar-refractivity contribution in [2.24, 2.45) is 0 Å². The number of carboxylic acid groups (broad SMARTS) is 1. The van der Waals surface area contributed by atoms with Crippen LogP contribution in [-0.2, 0) is 20.7 Å². The number of nitrogens with zero attached hydrogens (tertiary/aromatic N) is 1. The maximum Gasteiger partial charge on any atom is 0.289 e. The minimum Gasteiger partial charge on any atom is -0.545 e. The largest absolute Gasteiger partial charge is 0.545 e. The van der Waals surface area contributed by atoms with Crippen LogP contribution in [0, 0.1) is 0 Å². The van der Waals surface area contributed by atoms with Crippen LogP contribution in [0.2, 0.25) is 0 Å². The van der Waals surface area contributed by atoms with E-state index in [0.29, 0.717) is 13.0 Å². The Morgan fingerprint density at radius 1 is 1.35 bits per heavy atom. The van der Waals surface area contributed by atoms with Gasteiger partial charge in [-0.15, -0.1) is 0 Å². The van der Waals surface area contributed by atoms with Gasteiger partial charge in [0.05, 0.1) is 19.1 Å². The maximum atomic E-state index is 12.1. The molecule has 1 heterocycles. The average molecular weight is 274 g/mol. The summed E-state index contributed by atoms with van der Waals surface area (Å²) in [4.78, 5) is 24.6. The Labute approximate surface area is 117 Å². The van der Waals surface area contributed by atoms with E-state index in [2.05, 4.69) is 0 Å². The van der Waals surface area contributed by atoms with Crippen molar-refractivity contribution in [3.05, 3.63) is 47.2 Å². The first-order valence-corrected chi connectivity index (χ1v) is 6.54. The Hall–Kier alpha value is -2.30. The predicted octanol–water partition coefficient (Wildman–Crippen LogP) is 0.112. The third-order valence-corrected chi connectivity index (χ3v) is 3.15. The molecule has 1 aliphatic heterocycles. The number of hydrogen-bond donors (Lipinski definition) is 0. The summed E-state index contributed by atoms with van der Waals surface area (Å²) in [7, 11) is 0. The van der Waals surface area contributed by atoms with Gasteiger partial charge in [-0.2, -0.15) is 0 Å². The summed E-state index contributed by atoms with van der Waals surface area (Å²) in [5.41, 5.74) is 1.03. The molecule has 0 saturated heterocycles. The van der Waals surface area contributed by atoms with Crippen molar-refractivity contribution in [2.45, 2.75) is 13.3 Å². The van der Waals surface area contributed by atoms with E-state index < -0.39 is 5.97 Å². The van der Waals surface area contributed by atoms with Crippen molar-refractivity contribution < 1.29 is 19.4 Å². The van der Waals surface area contributed by atoms with E-state index in [1.54, 1.807) is 6.92 Å². The van der Waals surface area contributed by atoms with Crippen molar-refractivity contribution in [2.75, 3.05) is 19.7 Å². The number of carbonyl (C=O) groups excluding carboxylic acids is 2. The molecule has 1 aliphatic rings. The lowest BCUT2D eigenvalue weighted by atomic mass is 10.1. The molecular weight excluding hydrogens is 258 g/mol. The molecular formula is C15H16NO4-. The molecule has 0 spiro atoms. The number of carboxylic acids is 1. The molecule has 20 heavy (non-hydrogen) atoms. The number of rotatable bonds is 6. The summed E-state index contributed by atoms with van der Waals surface area (Å²) >= 11 is 0. The number of ether oxygens (including phenoxy) is 1. The Morgan fingerprint density at radius 2 is 2.05 bits per heavy atom. The summed E-state index contributed by atoms with van der Waals surface area (Å²) in [5.74, 6) is -1.80. The monoisotopic (exact) mass is 274 g/mol. The number of hydrogen-bond acceptors (Lipinski definition) is 4. The van der Waals surface area contributed by atoms with Gasteiger partial charge in [0.2, 0.25) is 0 Å². The molecule has 1 aromatic rings. The predicted molar refractivity (Wildman–Crippen MR) is 70.4 cm³/mol. The van der Waals surface area contributed by atoms with Gasteiger partial charge in [0.15, 0.2) is 5.76 Å². The second-order valence-corrected chi connectivity index (χ2v) is 4.49. The second-order valence-electron chi connectivity index (χ2n) is 4.49. The van der Waals surface area contributed by atoms with Crippen LogP contribution in [0.15, 0.2) is 41.7 Å². The van der Waals surface area contributed by atoms with Crippen LogP contribution in [0.4, 0.5) is 0 Å². The lowest BCUT2D eigenvalue weighted by Gasteiger charge is -2.16. The quantitative estimate of drug-likeness (QED) is 0.738. The van der Waals surface area contributed by atoms with Gasteiger partial charge < -0.3 is 19.5 Å². The SMILES string of the molecule is CCOC1=C(C(=O)[O-])CN(CCc2ccccc2)C1=O. The summed E-state index contributed by atoms with van der Waals surface area (Å²) in [6.07, 6.45) is 0.673. The Balaban J connectivity index is 2.03. The van der Waals surface area contributed by atoms with Gasteiger partial charge in [-0.3, -0.25) is 4.79 Å². The molecule has 0 radical (unpaired) electrons. The highest BCUT2D eigenvalue weighted by Crippen LogP contribution is 2.20. The van der Waals surface area contributed by atoms with Crippen molar-refractivity contribution in [1.29, 1.82) is 0 Å². The highest BCUT2D eigenvalue weighted by atomic mass is 16.5. The van der Waals surface area contributed by atoms with Crippen LogP contribution in [0.25, 0.3) is 0 Å². The highest BCUT2D eigenvalue weighted by molar-refractivity contribution is 6.04. The first kappa shape index (κ1) is 14.1. The third-order valence-electron chi connectivity index (χ3n) is 3.15. The Bertz CT molecular complexity index is 536. The van der Waals surface area contributed by atoms with Crippen molar-refractivity contribution >= 4 is 11.9 Å². The van der Waals surface area contributed by atoms with Crippen LogP contribution in [0.3, 0.4) is 0 Å². The zero-order valence-electron chi connectivity index (χ0n) is 11.3. The van der Waals surface area contributed by atoms with Gasteiger partial charge in [-0.25, -0.2) is 0 Å². The first-order chi connectivity index (χ1) is 9.63. The van der Waals surface area contributed by atoms with E-state index in [0.717, 1.165) is 5.56 Å². The van der Waals surface area contributed by atoms with Crippen molar-refractivity contribution in [3.8, 4) is 0 Å². The Kier molecular flexibility index (Phi) is 4.40. The van der Waals surface area contributed by atoms with Crippen molar-refractivity contribution in [1.82, 2.24) is 4.90 Å². The summed E-state index contributed by atoms with van der Waals surface area (Å²) in [6.45, 7) is 2.46. The van der Waals surface area contributed by atoms with Gasteiger partial charge in [-0.1, -0.05) is 30.3 Å². The minimum absolute atomic E-state index is 0.0450. The maximum absolute atomic E-state index is 12.1. The van der Waals surface area contributed by atoms with Crippen LogP contribution in [-0.4, -0.2) is 36.5 Å². The van der Waals surface area contributed by atoms with E-state index >= 15 is 0 Å². The van der Waals surface area contributed by atoms with E-state index in [1.807, 2.05) is 30.3 Å². The molecule has 0 aliphatic carbocycles. The molecule has 0 bridgehead atoms. The minimum atomic E-state index is -1.34. The van der Waals surface area contributed by atoms with Crippen LogP contribution >= 0.6 is 0 Å². The lowest BCUT2D eigenvalue weighted by Crippen LogP contribution is -2.32. The smallest absolute Gasteiger partial charge is 0.289 e. The number of amides is 1. The standard InChI is InChI=1S/C15H17NO4/c1-2-20-13-12(15(18)19)10-16(14(13)17)9-8-11-6-4-3-5-7-11/h3-7H,2,8-10H2,1H3,(H,18,19)/p-1. The topological polar surface area (TPSA) is 69.7 Å². The average Bonchev–Trinajstić information content (AvgIpc) is 2.76. The van der Waals surface area contributed by atoms with Crippen LogP contribution < -0.4 is 5.11 Å². The molecule has 0 fully saturated rings. The summed E-state index contributed by atoms with van der Waals surface area (Å²) < 4.78 is 5.14. The van der Waals surface area contributed by atoms with E-state index in [-0.39, 0.29) is 30.4 Å². The molecule has 0 N–H and O–H groups in total. The fourth-order valence-electron chi connectivity index (χ4n) is 2.15. The lowest BCUT2D eigenvalue weighted by molar-refractivity contribution is -0.299. The molecule has 1 aromatic carbocycles. The fraction of sp³-hybridized carbons (Fsp3) is 0.333. The Morgan fingerprint density at radius 3 is 2.65 bits per heavy atom. The third kappa shape index (κ3) is 2.99. The normalized spacial score (nSPS) is 14.8. The molecule has 1 amide bonds. The number of benzene rings is 1. The summed E-state index contributed by atoms with van der Waals surface area (Å²) in [6, 6.07) is 9.72. The van der Waals surface area contributed by atoms with Gasteiger partial charge in [0, 0.05) is 12.1 Å². The second kappa shape index (κ2) is 6.23. The molecule has 2 rings (SSSR count). The number of carbonyl (C=O) groups is 2. The number of aliphatic carboxylic acids is 1. The zero-order chi connectivity index (χ0) is 14.5.